The normalized spacial score (nSPS) is 10.4. The van der Waals surface area contributed by atoms with E-state index in [0.717, 1.165) is 5.69 Å². The first kappa shape index (κ1) is 12.5. The van der Waals surface area contributed by atoms with Gasteiger partial charge in [-0.3, -0.25) is 9.78 Å². The van der Waals surface area contributed by atoms with Gasteiger partial charge in [-0.25, -0.2) is 4.68 Å². The van der Waals surface area contributed by atoms with Crippen molar-refractivity contribution in [3.05, 3.63) is 71.3 Å². The molecule has 2 aromatic heterocycles. The molecular weight excluding hydrogens is 276 g/mol. The molecule has 0 atom stereocenters. The lowest BCUT2D eigenvalue weighted by Gasteiger charge is -2.04. The average Bonchev–Trinajstić information content (AvgIpc) is 2.97. The Bertz CT molecular complexity index is 737. The molecular formula is C14H9ClN4O. The molecule has 0 unspecified atom stereocenters. The van der Waals surface area contributed by atoms with Crippen molar-refractivity contribution in [2.75, 3.05) is 0 Å². The van der Waals surface area contributed by atoms with Crippen LogP contribution in [0.4, 0.5) is 0 Å². The Labute approximate surface area is 119 Å². The number of halogens is 1. The maximum Gasteiger partial charge on any atom is 0.231 e. The standard InChI is InChI=1S/C14H9ClN4O/c15-10-6-7-12(16-8-10)14(20)13-9-17-18-19(13)11-4-2-1-3-5-11/h1-9H. The highest BCUT2D eigenvalue weighted by Crippen LogP contribution is 2.13. The van der Waals surface area contributed by atoms with Crippen LogP contribution in [-0.2, 0) is 0 Å². The third-order valence-electron chi connectivity index (χ3n) is 2.74. The van der Waals surface area contributed by atoms with Crippen molar-refractivity contribution < 1.29 is 4.79 Å². The van der Waals surface area contributed by atoms with Gasteiger partial charge in [-0.1, -0.05) is 35.0 Å². The van der Waals surface area contributed by atoms with E-state index in [4.69, 9.17) is 11.6 Å². The van der Waals surface area contributed by atoms with Crippen LogP contribution < -0.4 is 0 Å². The number of hydrogen-bond donors (Lipinski definition) is 0. The van der Waals surface area contributed by atoms with E-state index < -0.39 is 0 Å². The van der Waals surface area contributed by atoms with E-state index in [2.05, 4.69) is 15.3 Å². The van der Waals surface area contributed by atoms with Crippen molar-refractivity contribution in [1.82, 2.24) is 20.0 Å². The molecule has 0 radical (unpaired) electrons. The monoisotopic (exact) mass is 284 g/mol. The molecule has 0 saturated carbocycles. The highest BCUT2D eigenvalue weighted by molar-refractivity contribution is 6.30. The summed E-state index contributed by atoms with van der Waals surface area (Å²) in [6.07, 6.45) is 2.86. The Morgan fingerprint density at radius 1 is 1.05 bits per heavy atom. The Morgan fingerprint density at radius 3 is 2.55 bits per heavy atom. The first-order valence-corrected chi connectivity index (χ1v) is 6.26. The van der Waals surface area contributed by atoms with E-state index in [1.54, 1.807) is 12.1 Å². The SMILES string of the molecule is O=C(c1ccc(Cl)cn1)c1cnnn1-c1ccccc1. The number of hydrogen-bond acceptors (Lipinski definition) is 4. The molecule has 0 bridgehead atoms. The fraction of sp³-hybridized carbons (Fsp3) is 0. The molecule has 20 heavy (non-hydrogen) atoms. The van der Waals surface area contributed by atoms with Gasteiger partial charge in [0.1, 0.15) is 11.4 Å². The Balaban J connectivity index is 2.02. The first-order valence-electron chi connectivity index (χ1n) is 5.88. The van der Waals surface area contributed by atoms with Crippen LogP contribution in [0.15, 0.2) is 54.9 Å². The average molecular weight is 285 g/mol. The maximum atomic E-state index is 12.4. The molecule has 0 amide bonds. The third kappa shape index (κ3) is 2.31. The van der Waals surface area contributed by atoms with Gasteiger partial charge in [0.05, 0.1) is 16.9 Å². The van der Waals surface area contributed by atoms with Gasteiger partial charge in [0.15, 0.2) is 0 Å². The van der Waals surface area contributed by atoms with Gasteiger partial charge < -0.3 is 0 Å². The second kappa shape index (κ2) is 5.22. The molecule has 6 heteroatoms. The van der Waals surface area contributed by atoms with Crippen LogP contribution in [0.5, 0.6) is 0 Å². The van der Waals surface area contributed by atoms with E-state index in [9.17, 15) is 4.79 Å². The lowest BCUT2D eigenvalue weighted by Crippen LogP contribution is -2.11. The zero-order valence-electron chi connectivity index (χ0n) is 10.3. The summed E-state index contributed by atoms with van der Waals surface area (Å²) in [6.45, 7) is 0. The number of pyridine rings is 1. The Kier molecular flexibility index (Phi) is 3.26. The topological polar surface area (TPSA) is 60.7 Å². The van der Waals surface area contributed by atoms with Crippen LogP contribution in [-0.4, -0.2) is 25.8 Å². The van der Waals surface area contributed by atoms with Gasteiger partial charge in [0.25, 0.3) is 0 Å². The second-order valence-corrected chi connectivity index (χ2v) is 4.49. The second-order valence-electron chi connectivity index (χ2n) is 4.06. The number of benzene rings is 1. The summed E-state index contributed by atoms with van der Waals surface area (Å²) >= 11 is 5.76. The molecule has 0 saturated heterocycles. The van der Waals surface area contributed by atoms with Crippen LogP contribution in [0.1, 0.15) is 16.2 Å². The number of nitrogens with zero attached hydrogens (tertiary/aromatic N) is 4. The van der Waals surface area contributed by atoms with E-state index in [0.29, 0.717) is 16.4 Å². The number of rotatable bonds is 3. The van der Waals surface area contributed by atoms with Crippen molar-refractivity contribution in [2.45, 2.75) is 0 Å². The van der Waals surface area contributed by atoms with Crippen LogP contribution in [0.25, 0.3) is 5.69 Å². The quantitative estimate of drug-likeness (QED) is 0.694. The molecule has 0 N–H and O–H groups in total. The fourth-order valence-corrected chi connectivity index (χ4v) is 1.90. The van der Waals surface area contributed by atoms with Crippen molar-refractivity contribution in [2.24, 2.45) is 0 Å². The Morgan fingerprint density at radius 2 is 1.85 bits per heavy atom. The minimum atomic E-state index is -0.254. The van der Waals surface area contributed by atoms with Gasteiger partial charge in [-0.2, -0.15) is 0 Å². The molecule has 0 aliphatic heterocycles. The maximum absolute atomic E-state index is 12.4. The van der Waals surface area contributed by atoms with Gasteiger partial charge >= 0.3 is 0 Å². The van der Waals surface area contributed by atoms with E-state index in [-0.39, 0.29) is 5.78 Å². The summed E-state index contributed by atoms with van der Waals surface area (Å²) in [6, 6.07) is 12.5. The molecule has 0 fully saturated rings. The first-order chi connectivity index (χ1) is 9.75. The predicted octanol–water partition coefficient (Wildman–Crippen LogP) is 2.55. The highest BCUT2D eigenvalue weighted by atomic mass is 35.5. The van der Waals surface area contributed by atoms with Gasteiger partial charge in [0, 0.05) is 6.20 Å². The number of carbonyl (C=O) groups is 1. The van der Waals surface area contributed by atoms with Crippen LogP contribution in [0.2, 0.25) is 5.02 Å². The number of aromatic nitrogens is 4. The van der Waals surface area contributed by atoms with Gasteiger partial charge in [-0.05, 0) is 24.3 Å². The van der Waals surface area contributed by atoms with Crippen molar-refractivity contribution in [1.29, 1.82) is 0 Å². The Hall–Kier alpha value is -2.53. The predicted molar refractivity (Wildman–Crippen MR) is 74.0 cm³/mol. The molecule has 0 aliphatic rings. The summed E-state index contributed by atoms with van der Waals surface area (Å²) in [5.41, 5.74) is 1.42. The molecule has 1 aromatic carbocycles. The van der Waals surface area contributed by atoms with E-state index in [1.165, 1.54) is 17.1 Å². The zero-order chi connectivity index (χ0) is 13.9. The minimum absolute atomic E-state index is 0.254. The van der Waals surface area contributed by atoms with Crippen molar-refractivity contribution in [3.8, 4) is 5.69 Å². The van der Waals surface area contributed by atoms with E-state index >= 15 is 0 Å². The van der Waals surface area contributed by atoms with Crippen molar-refractivity contribution >= 4 is 17.4 Å². The largest absolute Gasteiger partial charge is 0.285 e. The summed E-state index contributed by atoms with van der Waals surface area (Å²) in [5, 5.41) is 8.23. The molecule has 2 heterocycles. The number of carbonyl (C=O) groups excluding carboxylic acids is 1. The zero-order valence-corrected chi connectivity index (χ0v) is 11.0. The summed E-state index contributed by atoms with van der Waals surface area (Å²) in [5.74, 6) is -0.254. The minimum Gasteiger partial charge on any atom is -0.285 e. The number of para-hydroxylation sites is 1. The molecule has 98 valence electrons. The summed E-state index contributed by atoms with van der Waals surface area (Å²) in [7, 11) is 0. The van der Waals surface area contributed by atoms with Crippen LogP contribution >= 0.6 is 11.6 Å². The van der Waals surface area contributed by atoms with Gasteiger partial charge in [0.2, 0.25) is 5.78 Å². The number of ketones is 1. The molecule has 0 spiro atoms. The lowest BCUT2D eigenvalue weighted by atomic mass is 10.2. The molecule has 3 rings (SSSR count). The molecule has 3 aromatic rings. The van der Waals surface area contributed by atoms with Crippen molar-refractivity contribution in [3.63, 3.8) is 0 Å². The van der Waals surface area contributed by atoms with Crippen LogP contribution in [0.3, 0.4) is 0 Å². The fourth-order valence-electron chi connectivity index (χ4n) is 1.79. The molecule has 5 nitrogen and oxygen atoms in total. The van der Waals surface area contributed by atoms with Crippen LogP contribution in [0, 0.1) is 0 Å². The van der Waals surface area contributed by atoms with E-state index in [1.807, 2.05) is 30.3 Å². The lowest BCUT2D eigenvalue weighted by molar-refractivity contribution is 0.102. The smallest absolute Gasteiger partial charge is 0.231 e. The van der Waals surface area contributed by atoms with Gasteiger partial charge in [-0.15, -0.1) is 5.10 Å². The summed E-state index contributed by atoms with van der Waals surface area (Å²) in [4.78, 5) is 16.4. The summed E-state index contributed by atoms with van der Waals surface area (Å²) < 4.78 is 1.48. The molecule has 0 aliphatic carbocycles. The third-order valence-corrected chi connectivity index (χ3v) is 2.97. The highest BCUT2D eigenvalue weighted by Gasteiger charge is 2.17.